The van der Waals surface area contributed by atoms with Gasteiger partial charge in [-0.3, -0.25) is 4.40 Å². The van der Waals surface area contributed by atoms with Gasteiger partial charge in [0.2, 0.25) is 11.7 Å². The molecule has 6 rings (SSSR count). The number of ether oxygens (including phenoxy) is 2. The molecule has 40 heavy (non-hydrogen) atoms. The van der Waals surface area contributed by atoms with Gasteiger partial charge >= 0.3 is 6.09 Å². The third-order valence-corrected chi connectivity index (χ3v) is 7.14. The van der Waals surface area contributed by atoms with Crippen LogP contribution in [0.4, 0.5) is 4.79 Å². The first kappa shape index (κ1) is 25.6. The summed E-state index contributed by atoms with van der Waals surface area (Å²) in [5, 5.41) is 3.14. The van der Waals surface area contributed by atoms with Crippen molar-refractivity contribution >= 4 is 11.9 Å². The van der Waals surface area contributed by atoms with Gasteiger partial charge < -0.3 is 14.8 Å². The maximum Gasteiger partial charge on any atom is 0.408 e. The number of benzene rings is 3. The van der Waals surface area contributed by atoms with E-state index in [-0.39, 0.29) is 6.09 Å². The van der Waals surface area contributed by atoms with Gasteiger partial charge in [-0.15, -0.1) is 0 Å². The quantitative estimate of drug-likeness (QED) is 0.242. The van der Waals surface area contributed by atoms with Gasteiger partial charge in [-0.25, -0.2) is 9.78 Å². The van der Waals surface area contributed by atoms with Gasteiger partial charge in [0.25, 0.3) is 0 Å². The van der Waals surface area contributed by atoms with Crippen LogP contribution in [0.1, 0.15) is 45.6 Å². The SMILES string of the molecule is CC(C)(C)OC(=O)NC1(c2ccc(-c3nc4nc(Oc5ccccc5)ccn4c3-c3ccccc3)cc2)CCC1. The monoisotopic (exact) mass is 532 g/mol. The molecule has 3 aromatic carbocycles. The van der Waals surface area contributed by atoms with Crippen LogP contribution in [0.25, 0.3) is 28.3 Å². The lowest BCUT2D eigenvalue weighted by Gasteiger charge is -2.43. The van der Waals surface area contributed by atoms with E-state index in [4.69, 9.17) is 19.4 Å². The van der Waals surface area contributed by atoms with Crippen molar-refractivity contribution in [3.05, 3.63) is 103 Å². The molecule has 1 saturated carbocycles. The van der Waals surface area contributed by atoms with E-state index in [1.807, 2.05) is 86.0 Å². The maximum absolute atomic E-state index is 12.6. The first-order valence-corrected chi connectivity index (χ1v) is 13.6. The second-order valence-corrected chi connectivity index (χ2v) is 11.2. The highest BCUT2D eigenvalue weighted by molar-refractivity contribution is 5.81. The van der Waals surface area contributed by atoms with E-state index in [1.165, 1.54) is 0 Å². The van der Waals surface area contributed by atoms with Crippen molar-refractivity contribution in [3.8, 4) is 34.1 Å². The van der Waals surface area contributed by atoms with Crippen molar-refractivity contribution in [1.82, 2.24) is 19.7 Å². The summed E-state index contributed by atoms with van der Waals surface area (Å²) in [6, 6.07) is 29.9. The fourth-order valence-corrected chi connectivity index (χ4v) is 5.12. The number of amides is 1. The molecule has 7 heteroatoms. The fraction of sp³-hybridized carbons (Fsp3) is 0.242. The average molecular weight is 533 g/mol. The zero-order valence-corrected chi connectivity index (χ0v) is 22.9. The molecule has 0 bridgehead atoms. The molecular weight excluding hydrogens is 500 g/mol. The fourth-order valence-electron chi connectivity index (χ4n) is 5.12. The van der Waals surface area contributed by atoms with E-state index in [0.29, 0.717) is 11.7 Å². The molecule has 0 atom stereocenters. The van der Waals surface area contributed by atoms with E-state index in [2.05, 4.69) is 41.7 Å². The maximum atomic E-state index is 12.6. The molecule has 1 aliphatic rings. The lowest BCUT2D eigenvalue weighted by atomic mass is 9.71. The van der Waals surface area contributed by atoms with E-state index in [9.17, 15) is 4.79 Å². The van der Waals surface area contributed by atoms with Gasteiger partial charge in [0.1, 0.15) is 11.4 Å². The molecule has 1 N–H and O–H groups in total. The van der Waals surface area contributed by atoms with Crippen molar-refractivity contribution in [2.24, 2.45) is 0 Å². The van der Waals surface area contributed by atoms with Gasteiger partial charge in [-0.2, -0.15) is 4.98 Å². The Hall–Kier alpha value is -4.65. The minimum absolute atomic E-state index is 0.386. The Bertz CT molecular complexity index is 1640. The number of hydrogen-bond donors (Lipinski definition) is 1. The first-order chi connectivity index (χ1) is 19.3. The number of aromatic nitrogens is 3. The van der Waals surface area contributed by atoms with Crippen LogP contribution < -0.4 is 10.1 Å². The highest BCUT2D eigenvalue weighted by Crippen LogP contribution is 2.42. The molecule has 7 nitrogen and oxygen atoms in total. The molecule has 0 saturated heterocycles. The number of carbonyl (C=O) groups is 1. The van der Waals surface area contributed by atoms with Crippen LogP contribution in [0, 0.1) is 0 Å². The summed E-state index contributed by atoms with van der Waals surface area (Å²) in [4.78, 5) is 22.3. The van der Waals surface area contributed by atoms with Crippen LogP contribution in [-0.2, 0) is 10.3 Å². The molecule has 2 heterocycles. The zero-order chi connectivity index (χ0) is 27.7. The number of alkyl carbamates (subject to hydrolysis) is 1. The van der Waals surface area contributed by atoms with Crippen LogP contribution >= 0.6 is 0 Å². The Morgan fingerprint density at radius 3 is 2.15 bits per heavy atom. The molecular formula is C33H32N4O3. The van der Waals surface area contributed by atoms with Crippen molar-refractivity contribution in [1.29, 1.82) is 0 Å². The van der Waals surface area contributed by atoms with Crippen molar-refractivity contribution in [2.45, 2.75) is 51.2 Å². The summed E-state index contributed by atoms with van der Waals surface area (Å²) in [6.07, 6.45) is 4.37. The molecule has 1 fully saturated rings. The van der Waals surface area contributed by atoms with Crippen LogP contribution in [0.3, 0.4) is 0 Å². The molecule has 5 aromatic rings. The van der Waals surface area contributed by atoms with Crippen LogP contribution in [0.15, 0.2) is 97.2 Å². The number of fused-ring (bicyclic) bond motifs is 1. The minimum Gasteiger partial charge on any atom is -0.444 e. The second kappa shape index (κ2) is 10.2. The largest absolute Gasteiger partial charge is 0.444 e. The van der Waals surface area contributed by atoms with E-state index < -0.39 is 11.1 Å². The second-order valence-electron chi connectivity index (χ2n) is 11.2. The molecule has 0 unspecified atom stereocenters. The number of rotatable bonds is 6. The molecule has 1 aliphatic carbocycles. The Labute approximate surface area is 233 Å². The summed E-state index contributed by atoms with van der Waals surface area (Å²) < 4.78 is 13.5. The minimum atomic E-state index is -0.546. The molecule has 1 amide bonds. The number of para-hydroxylation sites is 1. The molecule has 2 aromatic heterocycles. The summed E-state index contributed by atoms with van der Waals surface area (Å²) >= 11 is 0. The highest BCUT2D eigenvalue weighted by Gasteiger charge is 2.41. The van der Waals surface area contributed by atoms with Gasteiger partial charge in [0.15, 0.2) is 0 Å². The smallest absolute Gasteiger partial charge is 0.408 e. The standard InChI is InChI=1S/C33H32N4O3/c1-32(2,3)40-31(38)36-33(20-10-21-33)25-17-15-23(16-18-25)28-29(24-11-6-4-7-12-24)37-22-19-27(34-30(37)35-28)39-26-13-8-5-9-14-26/h4-9,11-19,22H,10,20-21H2,1-3H3,(H,36,38). The number of nitrogens with one attached hydrogen (secondary N) is 1. The molecule has 0 spiro atoms. The summed E-state index contributed by atoms with van der Waals surface area (Å²) in [5.41, 5.74) is 3.88. The van der Waals surface area contributed by atoms with E-state index in [1.54, 1.807) is 0 Å². The predicted molar refractivity (Wildman–Crippen MR) is 155 cm³/mol. The number of hydrogen-bond acceptors (Lipinski definition) is 5. The average Bonchev–Trinajstić information content (AvgIpc) is 3.30. The molecule has 0 radical (unpaired) electrons. The van der Waals surface area contributed by atoms with E-state index >= 15 is 0 Å². The highest BCUT2D eigenvalue weighted by atomic mass is 16.6. The number of imidazole rings is 1. The Morgan fingerprint density at radius 2 is 1.52 bits per heavy atom. The third-order valence-electron chi connectivity index (χ3n) is 7.14. The van der Waals surface area contributed by atoms with Gasteiger partial charge in [0.05, 0.1) is 16.9 Å². The van der Waals surface area contributed by atoms with Crippen molar-refractivity contribution < 1.29 is 14.3 Å². The van der Waals surface area contributed by atoms with E-state index in [0.717, 1.165) is 53.1 Å². The lowest BCUT2D eigenvalue weighted by molar-refractivity contribution is 0.0377. The molecule has 0 aliphatic heterocycles. The Morgan fingerprint density at radius 1 is 0.850 bits per heavy atom. The molecule has 202 valence electrons. The zero-order valence-electron chi connectivity index (χ0n) is 22.9. The van der Waals surface area contributed by atoms with Crippen molar-refractivity contribution in [3.63, 3.8) is 0 Å². The topological polar surface area (TPSA) is 77.8 Å². The van der Waals surface area contributed by atoms with Crippen molar-refractivity contribution in [2.75, 3.05) is 0 Å². The van der Waals surface area contributed by atoms with Gasteiger partial charge in [0, 0.05) is 23.4 Å². The first-order valence-electron chi connectivity index (χ1n) is 13.6. The number of carbonyl (C=O) groups excluding carboxylic acids is 1. The number of nitrogens with zero attached hydrogens (tertiary/aromatic N) is 3. The lowest BCUT2D eigenvalue weighted by Crippen LogP contribution is -2.52. The van der Waals surface area contributed by atoms with Gasteiger partial charge in [-0.05, 0) is 57.7 Å². The Kier molecular flexibility index (Phi) is 6.50. The van der Waals surface area contributed by atoms with Gasteiger partial charge in [-0.1, -0.05) is 72.8 Å². The summed E-state index contributed by atoms with van der Waals surface area (Å²) in [7, 11) is 0. The van der Waals surface area contributed by atoms with Crippen LogP contribution in [-0.4, -0.2) is 26.1 Å². The Balaban J connectivity index is 1.36. The van der Waals surface area contributed by atoms with Crippen LogP contribution in [0.5, 0.6) is 11.6 Å². The summed E-state index contributed by atoms with van der Waals surface area (Å²) in [6.45, 7) is 5.62. The normalized spacial score (nSPS) is 14.4. The predicted octanol–water partition coefficient (Wildman–Crippen LogP) is 7.76. The third kappa shape index (κ3) is 5.15. The van der Waals surface area contributed by atoms with Crippen LogP contribution in [0.2, 0.25) is 0 Å². The summed E-state index contributed by atoms with van der Waals surface area (Å²) in [5.74, 6) is 1.74.